The Bertz CT molecular complexity index is 528. The molecule has 27 heavy (non-hydrogen) atoms. The van der Waals surface area contributed by atoms with Crippen LogP contribution in [0.2, 0.25) is 0 Å². The van der Waals surface area contributed by atoms with Gasteiger partial charge in [-0.25, -0.2) is 0 Å². The second-order valence-corrected chi connectivity index (χ2v) is 10.2. The first kappa shape index (κ1) is 22.4. The molecule has 4 nitrogen and oxygen atoms in total. The number of ketones is 1. The molecule has 2 rings (SSSR count). The van der Waals surface area contributed by atoms with E-state index in [1.165, 1.54) is 4.90 Å². The standard InChI is InChI=1S/C22H37NO3S/c1-5-7-15(3)21(25)18-11-9-17(10-12-18)14-23-20(24)13-19(22(23)26)27-16(4)8-6-2/h15-19H,5-14H2,1-4H3. The summed E-state index contributed by atoms with van der Waals surface area (Å²) in [5.74, 6) is 1.15. The lowest BCUT2D eigenvalue weighted by atomic mass is 9.76. The van der Waals surface area contributed by atoms with Gasteiger partial charge in [0.15, 0.2) is 0 Å². The molecule has 0 aromatic rings. The quantitative estimate of drug-likeness (QED) is 0.496. The number of carbonyl (C=O) groups is 3. The Hall–Kier alpha value is -0.840. The van der Waals surface area contributed by atoms with Gasteiger partial charge in [-0.3, -0.25) is 19.3 Å². The summed E-state index contributed by atoms with van der Waals surface area (Å²) in [5.41, 5.74) is 0. The van der Waals surface area contributed by atoms with Crippen molar-refractivity contribution >= 4 is 29.4 Å². The Morgan fingerprint density at radius 3 is 2.30 bits per heavy atom. The summed E-state index contributed by atoms with van der Waals surface area (Å²) in [4.78, 5) is 39.1. The second-order valence-electron chi connectivity index (χ2n) is 8.58. The zero-order valence-corrected chi connectivity index (χ0v) is 18.4. The van der Waals surface area contributed by atoms with Gasteiger partial charge < -0.3 is 0 Å². The second kappa shape index (κ2) is 10.6. The van der Waals surface area contributed by atoms with Crippen LogP contribution < -0.4 is 0 Å². The molecule has 1 saturated heterocycles. The number of nitrogens with zero attached hydrogens (tertiary/aromatic N) is 1. The van der Waals surface area contributed by atoms with Crippen LogP contribution in [0.25, 0.3) is 0 Å². The van der Waals surface area contributed by atoms with Crippen LogP contribution in [0.15, 0.2) is 0 Å². The highest BCUT2D eigenvalue weighted by atomic mass is 32.2. The van der Waals surface area contributed by atoms with Crippen molar-refractivity contribution in [2.24, 2.45) is 17.8 Å². The summed E-state index contributed by atoms with van der Waals surface area (Å²) >= 11 is 1.66. The maximum atomic E-state index is 12.7. The maximum Gasteiger partial charge on any atom is 0.242 e. The van der Waals surface area contributed by atoms with Gasteiger partial charge in [0.1, 0.15) is 5.78 Å². The van der Waals surface area contributed by atoms with Crippen molar-refractivity contribution < 1.29 is 14.4 Å². The minimum absolute atomic E-state index is 0.00373. The normalized spacial score (nSPS) is 28.4. The van der Waals surface area contributed by atoms with Crippen LogP contribution in [0.3, 0.4) is 0 Å². The first-order chi connectivity index (χ1) is 12.9. The number of imide groups is 1. The van der Waals surface area contributed by atoms with Gasteiger partial charge in [0.2, 0.25) is 11.8 Å². The van der Waals surface area contributed by atoms with E-state index in [9.17, 15) is 14.4 Å². The molecular weight excluding hydrogens is 358 g/mol. The van der Waals surface area contributed by atoms with E-state index in [-0.39, 0.29) is 28.9 Å². The molecule has 1 heterocycles. The molecule has 0 radical (unpaired) electrons. The molecular formula is C22H37NO3S. The lowest BCUT2D eigenvalue weighted by Crippen LogP contribution is -2.38. The van der Waals surface area contributed by atoms with Gasteiger partial charge in [-0.1, -0.05) is 40.5 Å². The zero-order valence-electron chi connectivity index (χ0n) is 17.5. The molecule has 0 bridgehead atoms. The number of rotatable bonds is 10. The minimum atomic E-state index is -0.188. The molecule has 0 aromatic carbocycles. The predicted molar refractivity (Wildman–Crippen MR) is 112 cm³/mol. The van der Waals surface area contributed by atoms with Crippen LogP contribution in [0.1, 0.15) is 85.5 Å². The molecule has 5 heteroatoms. The number of Topliss-reactive ketones (excluding diaryl/α,β-unsaturated/α-hetero) is 1. The lowest BCUT2D eigenvalue weighted by Gasteiger charge is -2.31. The fraction of sp³-hybridized carbons (Fsp3) is 0.864. The van der Waals surface area contributed by atoms with Crippen molar-refractivity contribution in [2.75, 3.05) is 6.54 Å². The molecule has 0 N–H and O–H groups in total. The molecule has 0 aromatic heterocycles. The van der Waals surface area contributed by atoms with E-state index >= 15 is 0 Å². The van der Waals surface area contributed by atoms with E-state index in [4.69, 9.17) is 0 Å². The van der Waals surface area contributed by atoms with Crippen molar-refractivity contribution in [3.05, 3.63) is 0 Å². The third-order valence-corrected chi connectivity index (χ3v) is 7.59. The van der Waals surface area contributed by atoms with E-state index < -0.39 is 0 Å². The average molecular weight is 396 g/mol. The highest BCUT2D eigenvalue weighted by molar-refractivity contribution is 8.01. The van der Waals surface area contributed by atoms with Gasteiger partial charge in [0.05, 0.1) is 5.25 Å². The molecule has 2 fully saturated rings. The van der Waals surface area contributed by atoms with Gasteiger partial charge in [-0.15, -0.1) is 11.8 Å². The third kappa shape index (κ3) is 6.07. The largest absolute Gasteiger partial charge is 0.299 e. The number of likely N-dealkylation sites (tertiary alicyclic amines) is 1. The van der Waals surface area contributed by atoms with Crippen LogP contribution in [0.5, 0.6) is 0 Å². The number of thioether (sulfide) groups is 1. The molecule has 3 atom stereocenters. The molecule has 1 aliphatic carbocycles. The van der Waals surface area contributed by atoms with Gasteiger partial charge in [-0.2, -0.15) is 0 Å². The zero-order chi connectivity index (χ0) is 20.0. The molecule has 1 aliphatic heterocycles. The number of hydrogen-bond acceptors (Lipinski definition) is 4. The summed E-state index contributed by atoms with van der Waals surface area (Å²) in [6, 6.07) is 0. The van der Waals surface area contributed by atoms with E-state index in [1.807, 2.05) is 0 Å². The van der Waals surface area contributed by atoms with Crippen LogP contribution >= 0.6 is 11.8 Å². The molecule has 1 saturated carbocycles. The summed E-state index contributed by atoms with van der Waals surface area (Å²) in [7, 11) is 0. The van der Waals surface area contributed by atoms with Crippen LogP contribution in [0, 0.1) is 17.8 Å². The first-order valence-electron chi connectivity index (χ1n) is 10.9. The fourth-order valence-electron chi connectivity index (χ4n) is 4.57. The highest BCUT2D eigenvalue weighted by Gasteiger charge is 2.41. The molecule has 3 unspecified atom stereocenters. The van der Waals surface area contributed by atoms with Gasteiger partial charge in [-0.05, 0) is 44.4 Å². The van der Waals surface area contributed by atoms with E-state index in [1.54, 1.807) is 11.8 Å². The topological polar surface area (TPSA) is 54.5 Å². The molecule has 2 amide bonds. The van der Waals surface area contributed by atoms with Crippen molar-refractivity contribution in [2.45, 2.75) is 96.0 Å². The molecule has 0 spiro atoms. The summed E-state index contributed by atoms with van der Waals surface area (Å²) in [6.45, 7) is 9.03. The number of hydrogen-bond donors (Lipinski definition) is 0. The average Bonchev–Trinajstić information content (AvgIpc) is 2.89. The van der Waals surface area contributed by atoms with Crippen molar-refractivity contribution in [1.82, 2.24) is 4.90 Å². The Morgan fingerprint density at radius 1 is 1.07 bits per heavy atom. The molecule has 2 aliphatic rings. The van der Waals surface area contributed by atoms with Crippen LogP contribution in [-0.2, 0) is 14.4 Å². The molecule has 154 valence electrons. The smallest absolute Gasteiger partial charge is 0.242 e. The predicted octanol–water partition coefficient (Wildman–Crippen LogP) is 4.85. The van der Waals surface area contributed by atoms with Crippen molar-refractivity contribution in [3.63, 3.8) is 0 Å². The van der Waals surface area contributed by atoms with E-state index in [2.05, 4.69) is 27.7 Å². The Balaban J connectivity index is 1.82. The van der Waals surface area contributed by atoms with Crippen molar-refractivity contribution in [1.29, 1.82) is 0 Å². The maximum absolute atomic E-state index is 12.7. The number of amides is 2. The number of carbonyl (C=O) groups excluding carboxylic acids is 3. The Kier molecular flexibility index (Phi) is 8.84. The van der Waals surface area contributed by atoms with Crippen LogP contribution in [0.4, 0.5) is 0 Å². The minimum Gasteiger partial charge on any atom is -0.299 e. The van der Waals surface area contributed by atoms with E-state index in [0.717, 1.165) is 51.4 Å². The summed E-state index contributed by atoms with van der Waals surface area (Å²) in [5, 5.41) is 0.232. The third-order valence-electron chi connectivity index (χ3n) is 6.19. The highest BCUT2D eigenvalue weighted by Crippen LogP contribution is 2.35. The SMILES string of the molecule is CCCC(C)SC1CC(=O)N(CC2CCC(C(=O)C(C)CCC)CC2)C1=O. The van der Waals surface area contributed by atoms with E-state index in [0.29, 0.717) is 29.9 Å². The summed E-state index contributed by atoms with van der Waals surface area (Å²) < 4.78 is 0. The van der Waals surface area contributed by atoms with Gasteiger partial charge in [0, 0.05) is 30.1 Å². The van der Waals surface area contributed by atoms with Crippen LogP contribution in [-0.4, -0.2) is 39.5 Å². The lowest BCUT2D eigenvalue weighted by molar-refractivity contribution is -0.139. The van der Waals surface area contributed by atoms with Crippen molar-refractivity contribution in [3.8, 4) is 0 Å². The van der Waals surface area contributed by atoms with Gasteiger partial charge >= 0.3 is 0 Å². The van der Waals surface area contributed by atoms with Gasteiger partial charge in [0.25, 0.3) is 0 Å². The Labute approximate surface area is 169 Å². The Morgan fingerprint density at radius 2 is 1.70 bits per heavy atom. The monoisotopic (exact) mass is 395 g/mol. The summed E-state index contributed by atoms with van der Waals surface area (Å²) in [6.07, 6.45) is 8.32. The first-order valence-corrected chi connectivity index (χ1v) is 11.8. The fourth-order valence-corrected chi connectivity index (χ4v) is 5.99.